The van der Waals surface area contributed by atoms with E-state index in [1.165, 1.54) is 44.6 Å². The predicted octanol–water partition coefficient (Wildman–Crippen LogP) is 2.31. The van der Waals surface area contributed by atoms with Gasteiger partial charge < -0.3 is 53.4 Å². The minimum atomic E-state index is -1.84. The number of ether oxygens (including phenoxy) is 7. The van der Waals surface area contributed by atoms with E-state index in [0.29, 0.717) is 12.8 Å². The van der Waals surface area contributed by atoms with Gasteiger partial charge in [0.2, 0.25) is 0 Å². The van der Waals surface area contributed by atoms with Crippen molar-refractivity contribution < 1.29 is 58.1 Å². The molecule has 0 aromatic rings. The number of carbonyl (C=O) groups is 2. The van der Waals surface area contributed by atoms with Crippen molar-refractivity contribution in [2.24, 2.45) is 11.8 Å². The van der Waals surface area contributed by atoms with Crippen LogP contribution in [0.3, 0.4) is 0 Å². The molecule has 2 saturated heterocycles. The predicted molar refractivity (Wildman–Crippen MR) is 180 cm³/mol. The Hall–Kier alpha value is -2.04. The molecule has 3 heterocycles. The third-order valence-corrected chi connectivity index (χ3v) is 9.78. The van der Waals surface area contributed by atoms with E-state index in [1.54, 1.807) is 19.9 Å². The summed E-state index contributed by atoms with van der Waals surface area (Å²) in [6.45, 7) is 8.82. The van der Waals surface area contributed by atoms with E-state index in [1.807, 2.05) is 39.8 Å². The molecule has 0 spiro atoms. The summed E-state index contributed by atoms with van der Waals surface area (Å²) in [6, 6.07) is -0.158. The van der Waals surface area contributed by atoms with E-state index < -0.39 is 66.9 Å². The summed E-state index contributed by atoms with van der Waals surface area (Å²) in [4.78, 5) is 28.2. The fourth-order valence-electron chi connectivity index (χ4n) is 6.73. The summed E-state index contributed by atoms with van der Waals surface area (Å²) in [7, 11) is 6.70. The van der Waals surface area contributed by atoms with Gasteiger partial charge in [-0.2, -0.15) is 0 Å². The fraction of sp³-hybridized carbons (Fsp3) is 0.778. The first-order valence-corrected chi connectivity index (χ1v) is 17.3. The number of rotatable bonds is 9. The van der Waals surface area contributed by atoms with Crippen LogP contribution in [0, 0.1) is 11.8 Å². The summed E-state index contributed by atoms with van der Waals surface area (Å²) >= 11 is 0. The molecule has 0 aromatic carbocycles. The van der Waals surface area contributed by atoms with Crippen LogP contribution in [0.5, 0.6) is 0 Å². The van der Waals surface area contributed by atoms with Crippen LogP contribution >= 0.6 is 0 Å². The number of allylic oxidation sites excluding steroid dienone is 3. The van der Waals surface area contributed by atoms with Gasteiger partial charge in [-0.25, -0.2) is 4.79 Å². The summed E-state index contributed by atoms with van der Waals surface area (Å²) < 4.78 is 41.1. The number of aliphatic hydroxyl groups is 3. The number of nitrogens with zero attached hydrogens (tertiary/aromatic N) is 1. The van der Waals surface area contributed by atoms with Crippen LogP contribution in [0.4, 0.5) is 0 Å². The van der Waals surface area contributed by atoms with Crippen LogP contribution in [0.2, 0.25) is 0 Å². The number of cyclic esters (lactones) is 1. The molecule has 3 rings (SSSR count). The molecule has 280 valence electrons. The Morgan fingerprint density at radius 3 is 2.27 bits per heavy atom. The Morgan fingerprint density at radius 1 is 0.939 bits per heavy atom. The first kappa shape index (κ1) is 41.4. The number of likely N-dealkylation sites (N-methyl/N-ethyl adjacent to an activating group) is 1. The van der Waals surface area contributed by atoms with Gasteiger partial charge in [-0.3, -0.25) is 4.79 Å². The highest BCUT2D eigenvalue weighted by molar-refractivity contribution is 5.91. The zero-order valence-electron chi connectivity index (χ0n) is 30.5. The second-order valence-electron chi connectivity index (χ2n) is 13.9. The standard InChI is InChI=1S/C36H59NO12/c1-10-28-36(42,20-45-35-33(44-9)32(43-8)30(40)24(5)47-35)17-12-11-14-26(38)21(2)18-22(3)27(15-13-16-29(39)49-28)48-34-31(41)25(37(6)7)19-23(4)46-34/h11-14,16-17,21-25,27-28,30-35,40-42H,10,15,18-20H2,1-9H3/t21-,22-,23-,24?,25?,27-,28-,30+,31?,32+,33+,34+,35-,36+/m1/s1. The number of hydrogen-bond donors (Lipinski definition) is 3. The van der Waals surface area contributed by atoms with Crippen LogP contribution in [0.1, 0.15) is 60.3 Å². The quantitative estimate of drug-likeness (QED) is 0.301. The maximum atomic E-state index is 13.1. The molecule has 13 nitrogen and oxygen atoms in total. The van der Waals surface area contributed by atoms with Crippen LogP contribution in [-0.4, -0.2) is 140 Å². The van der Waals surface area contributed by atoms with E-state index in [-0.39, 0.29) is 49.2 Å². The largest absolute Gasteiger partial charge is 0.456 e. The van der Waals surface area contributed by atoms with Gasteiger partial charge in [0.25, 0.3) is 0 Å². The molecule has 0 saturated carbocycles. The van der Waals surface area contributed by atoms with Crippen molar-refractivity contribution >= 4 is 11.8 Å². The second kappa shape index (κ2) is 19.0. The number of ketones is 1. The van der Waals surface area contributed by atoms with Gasteiger partial charge in [-0.15, -0.1) is 0 Å². The number of methoxy groups -OCH3 is 2. The monoisotopic (exact) mass is 697 g/mol. The normalized spacial score (nSPS) is 41.6. The zero-order chi connectivity index (χ0) is 36.5. The molecule has 2 fully saturated rings. The van der Waals surface area contributed by atoms with Crippen LogP contribution < -0.4 is 0 Å². The van der Waals surface area contributed by atoms with Crippen molar-refractivity contribution in [3.05, 3.63) is 36.5 Å². The maximum Gasteiger partial charge on any atom is 0.330 e. The summed E-state index contributed by atoms with van der Waals surface area (Å²) in [5.74, 6) is -1.27. The Bertz CT molecular complexity index is 1150. The Kier molecular flexibility index (Phi) is 16.0. The number of hydrogen-bond acceptors (Lipinski definition) is 13. The smallest absolute Gasteiger partial charge is 0.330 e. The van der Waals surface area contributed by atoms with E-state index in [0.717, 1.165) is 0 Å². The molecule has 3 aliphatic heterocycles. The number of carbonyl (C=O) groups excluding carboxylic acids is 2. The molecule has 0 aromatic heterocycles. The van der Waals surface area contributed by atoms with Crippen molar-refractivity contribution in [3.8, 4) is 0 Å². The number of aliphatic hydroxyl groups excluding tert-OH is 2. The van der Waals surface area contributed by atoms with Crippen molar-refractivity contribution in [1.29, 1.82) is 0 Å². The van der Waals surface area contributed by atoms with E-state index in [2.05, 4.69) is 0 Å². The molecule has 0 radical (unpaired) electrons. The van der Waals surface area contributed by atoms with E-state index in [9.17, 15) is 24.9 Å². The average molecular weight is 698 g/mol. The van der Waals surface area contributed by atoms with Crippen molar-refractivity contribution in [1.82, 2.24) is 4.90 Å². The van der Waals surface area contributed by atoms with Crippen molar-refractivity contribution in [2.45, 2.75) is 133 Å². The van der Waals surface area contributed by atoms with Crippen molar-refractivity contribution in [2.75, 3.05) is 34.9 Å². The third-order valence-electron chi connectivity index (χ3n) is 9.78. The topological polar surface area (TPSA) is 163 Å². The van der Waals surface area contributed by atoms with Gasteiger partial charge in [-0.05, 0) is 71.7 Å². The molecule has 14 atom stereocenters. The van der Waals surface area contributed by atoms with Crippen LogP contribution in [0.15, 0.2) is 36.5 Å². The lowest BCUT2D eigenvalue weighted by Crippen LogP contribution is -2.59. The van der Waals surface area contributed by atoms with Gasteiger partial charge >= 0.3 is 5.97 Å². The molecule has 49 heavy (non-hydrogen) atoms. The van der Waals surface area contributed by atoms with Gasteiger partial charge in [0.1, 0.15) is 36.1 Å². The molecule has 0 aliphatic carbocycles. The highest BCUT2D eigenvalue weighted by Gasteiger charge is 2.47. The van der Waals surface area contributed by atoms with Gasteiger partial charge in [0.05, 0.1) is 24.9 Å². The van der Waals surface area contributed by atoms with Crippen LogP contribution in [0.25, 0.3) is 0 Å². The SMILES string of the molecule is CC[C@H]1OC(=O)C=CC[C@@H](O[C@@H]2O[C@H](C)CC(N(C)C)C2O)[C@H](C)C[C@@H](C)C(=O)C=CC=C[C@]1(O)CO[C@@H]1OC(C)[C@H](O)[C@H](OC)[C@@H]1OC. The molecular weight excluding hydrogens is 638 g/mol. The highest BCUT2D eigenvalue weighted by atomic mass is 16.7. The molecule has 3 aliphatic rings. The lowest BCUT2D eigenvalue weighted by Gasteiger charge is -2.43. The van der Waals surface area contributed by atoms with E-state index in [4.69, 9.17) is 33.2 Å². The summed E-state index contributed by atoms with van der Waals surface area (Å²) in [6.07, 6.45) is 2.86. The first-order chi connectivity index (χ1) is 23.1. The molecule has 3 N–H and O–H groups in total. The summed E-state index contributed by atoms with van der Waals surface area (Å²) in [5, 5.41) is 33.5. The average Bonchev–Trinajstić information content (AvgIpc) is 3.05. The Morgan fingerprint density at radius 2 is 1.63 bits per heavy atom. The third kappa shape index (κ3) is 11.0. The molecule has 13 heteroatoms. The summed E-state index contributed by atoms with van der Waals surface area (Å²) in [5.41, 5.74) is -1.84. The molecular formula is C36H59NO12. The Labute approximate surface area is 291 Å². The van der Waals surface area contributed by atoms with Gasteiger partial charge in [0.15, 0.2) is 18.4 Å². The highest BCUT2D eigenvalue weighted by Crippen LogP contribution is 2.31. The zero-order valence-corrected chi connectivity index (χ0v) is 30.5. The first-order valence-electron chi connectivity index (χ1n) is 17.3. The lowest BCUT2D eigenvalue weighted by atomic mass is 9.88. The minimum absolute atomic E-state index is 0.108. The Balaban J connectivity index is 1.86. The number of esters is 1. The second-order valence-corrected chi connectivity index (χ2v) is 13.9. The van der Waals surface area contributed by atoms with Gasteiger partial charge in [-0.1, -0.05) is 39.0 Å². The fourth-order valence-corrected chi connectivity index (χ4v) is 6.73. The molecule has 0 amide bonds. The van der Waals surface area contributed by atoms with Gasteiger partial charge in [0, 0.05) is 32.3 Å². The van der Waals surface area contributed by atoms with Crippen molar-refractivity contribution in [3.63, 3.8) is 0 Å². The van der Waals surface area contributed by atoms with E-state index >= 15 is 0 Å². The molecule has 3 unspecified atom stereocenters. The maximum absolute atomic E-state index is 13.1. The molecule has 0 bridgehead atoms. The lowest BCUT2D eigenvalue weighted by molar-refractivity contribution is -0.310. The minimum Gasteiger partial charge on any atom is -0.456 e. The van der Waals surface area contributed by atoms with Crippen LogP contribution in [-0.2, 0) is 42.7 Å².